The summed E-state index contributed by atoms with van der Waals surface area (Å²) in [6.45, 7) is 5.00. The molecule has 25 heavy (non-hydrogen) atoms. The van der Waals surface area contributed by atoms with Gasteiger partial charge in [0.15, 0.2) is 0 Å². The number of piperidine rings is 2. The van der Waals surface area contributed by atoms with Crippen LogP contribution < -0.4 is 0 Å². The van der Waals surface area contributed by atoms with Crippen molar-refractivity contribution in [3.63, 3.8) is 0 Å². The molecule has 6 heteroatoms. The molecule has 138 valence electrons. The summed E-state index contributed by atoms with van der Waals surface area (Å²) in [6, 6.07) is 0. The van der Waals surface area contributed by atoms with Gasteiger partial charge in [-0.05, 0) is 51.6 Å². The Hall–Kier alpha value is -1.43. The van der Waals surface area contributed by atoms with E-state index in [-0.39, 0.29) is 0 Å². The summed E-state index contributed by atoms with van der Waals surface area (Å²) in [7, 11) is 2.10. The van der Waals surface area contributed by atoms with Crippen LogP contribution in [0.4, 0.5) is 0 Å². The molecular formula is C19H31N5O. The lowest BCUT2D eigenvalue weighted by Gasteiger charge is -2.36. The van der Waals surface area contributed by atoms with Crippen LogP contribution in [0, 0.1) is 5.92 Å². The van der Waals surface area contributed by atoms with E-state index in [1.54, 1.807) is 0 Å². The van der Waals surface area contributed by atoms with E-state index in [4.69, 9.17) is 0 Å². The maximum atomic E-state index is 12.6. The summed E-state index contributed by atoms with van der Waals surface area (Å²) in [4.78, 5) is 17.2. The van der Waals surface area contributed by atoms with Crippen LogP contribution in [0.15, 0.2) is 0 Å². The number of aromatic nitrogens is 3. The molecule has 0 aromatic carbocycles. The van der Waals surface area contributed by atoms with Gasteiger partial charge in [-0.1, -0.05) is 12.8 Å². The van der Waals surface area contributed by atoms with Crippen molar-refractivity contribution in [3.8, 4) is 0 Å². The molecule has 0 unspecified atom stereocenters. The van der Waals surface area contributed by atoms with Crippen molar-refractivity contribution in [2.24, 2.45) is 13.0 Å². The number of likely N-dealkylation sites (tertiary alicyclic amines) is 2. The van der Waals surface area contributed by atoms with Crippen LogP contribution in [0.3, 0.4) is 0 Å². The van der Waals surface area contributed by atoms with Gasteiger partial charge in [0.25, 0.3) is 0 Å². The Labute approximate surface area is 150 Å². The molecule has 0 radical (unpaired) electrons. The number of hydrogen-bond donors (Lipinski definition) is 0. The molecule has 3 heterocycles. The molecule has 0 N–H and O–H groups in total. The van der Waals surface area contributed by atoms with Gasteiger partial charge in [-0.2, -0.15) is 0 Å². The van der Waals surface area contributed by atoms with Gasteiger partial charge in [0.05, 0.1) is 6.54 Å². The molecule has 2 aliphatic heterocycles. The Morgan fingerprint density at radius 3 is 2.52 bits per heavy atom. The van der Waals surface area contributed by atoms with E-state index in [0.717, 1.165) is 57.0 Å². The lowest BCUT2D eigenvalue weighted by atomic mass is 9.83. The molecule has 3 fully saturated rings. The van der Waals surface area contributed by atoms with Gasteiger partial charge in [-0.3, -0.25) is 9.69 Å². The Morgan fingerprint density at radius 2 is 1.80 bits per heavy atom. The highest BCUT2D eigenvalue weighted by atomic mass is 16.2. The number of carbonyl (C=O) groups is 1. The highest BCUT2D eigenvalue weighted by Crippen LogP contribution is 2.32. The lowest BCUT2D eigenvalue weighted by molar-refractivity contribution is -0.139. The van der Waals surface area contributed by atoms with Crippen molar-refractivity contribution >= 4 is 5.91 Å². The smallest absolute Gasteiger partial charge is 0.225 e. The maximum Gasteiger partial charge on any atom is 0.225 e. The highest BCUT2D eigenvalue weighted by molar-refractivity contribution is 5.79. The Morgan fingerprint density at radius 1 is 1.00 bits per heavy atom. The second kappa shape index (κ2) is 7.44. The topological polar surface area (TPSA) is 54.3 Å². The number of nitrogens with zero attached hydrogens (tertiary/aromatic N) is 5. The summed E-state index contributed by atoms with van der Waals surface area (Å²) >= 11 is 0. The number of carbonyl (C=O) groups excluding carboxylic acids is 1. The fraction of sp³-hybridized carbons (Fsp3) is 0.842. The molecule has 6 nitrogen and oxygen atoms in total. The van der Waals surface area contributed by atoms with E-state index in [0.29, 0.717) is 17.7 Å². The number of rotatable bonds is 4. The third-order valence-electron chi connectivity index (χ3n) is 6.37. The first kappa shape index (κ1) is 17.0. The maximum absolute atomic E-state index is 12.6. The minimum atomic E-state index is 0.299. The molecule has 1 aromatic heterocycles. The van der Waals surface area contributed by atoms with Crippen molar-refractivity contribution in [1.82, 2.24) is 24.6 Å². The molecule has 4 rings (SSSR count). The lowest BCUT2D eigenvalue weighted by Crippen LogP contribution is -2.44. The van der Waals surface area contributed by atoms with E-state index in [2.05, 4.69) is 31.6 Å². The molecule has 1 aliphatic carbocycles. The first-order valence-electron chi connectivity index (χ1n) is 10.1. The Balaban J connectivity index is 1.41. The summed E-state index contributed by atoms with van der Waals surface area (Å²) in [6.07, 6.45) is 9.54. The summed E-state index contributed by atoms with van der Waals surface area (Å²) in [5, 5.41) is 9.01. The van der Waals surface area contributed by atoms with Gasteiger partial charge in [0.1, 0.15) is 11.6 Å². The molecular weight excluding hydrogens is 314 g/mol. The fourth-order valence-corrected chi connectivity index (χ4v) is 4.49. The van der Waals surface area contributed by atoms with Crippen LogP contribution in [0.5, 0.6) is 0 Å². The van der Waals surface area contributed by atoms with Crippen LogP contribution in [0.1, 0.15) is 68.9 Å². The molecule has 1 saturated carbocycles. The average Bonchev–Trinajstić information content (AvgIpc) is 2.95. The molecule has 0 bridgehead atoms. The zero-order chi connectivity index (χ0) is 17.2. The van der Waals surface area contributed by atoms with Crippen molar-refractivity contribution < 1.29 is 4.79 Å². The third-order valence-corrected chi connectivity index (χ3v) is 6.37. The molecule has 1 amide bonds. The molecule has 2 saturated heterocycles. The zero-order valence-corrected chi connectivity index (χ0v) is 15.5. The molecule has 1 atom stereocenters. The SMILES string of the molecule is Cn1c(CN2CCCCC2)nnc1[C@H]1CCCN(C(=O)C2CCC2)C1. The van der Waals surface area contributed by atoms with Crippen LogP contribution in [0.2, 0.25) is 0 Å². The number of hydrogen-bond acceptors (Lipinski definition) is 4. The molecule has 1 aromatic rings. The Kier molecular flexibility index (Phi) is 5.06. The third kappa shape index (κ3) is 3.59. The summed E-state index contributed by atoms with van der Waals surface area (Å²) in [5.74, 6) is 3.16. The van der Waals surface area contributed by atoms with E-state index in [1.807, 2.05) is 0 Å². The fourth-order valence-electron chi connectivity index (χ4n) is 4.49. The monoisotopic (exact) mass is 345 g/mol. The zero-order valence-electron chi connectivity index (χ0n) is 15.5. The van der Waals surface area contributed by atoms with Crippen molar-refractivity contribution in [1.29, 1.82) is 0 Å². The van der Waals surface area contributed by atoms with Crippen LogP contribution in [-0.4, -0.2) is 56.7 Å². The summed E-state index contributed by atoms with van der Waals surface area (Å²) in [5.41, 5.74) is 0. The van der Waals surface area contributed by atoms with E-state index in [9.17, 15) is 4.79 Å². The second-order valence-electron chi connectivity index (χ2n) is 8.12. The predicted molar refractivity (Wildman–Crippen MR) is 96.0 cm³/mol. The molecule has 3 aliphatic rings. The van der Waals surface area contributed by atoms with Crippen molar-refractivity contribution in [3.05, 3.63) is 11.6 Å². The minimum absolute atomic E-state index is 0.299. The normalized spacial score (nSPS) is 25.8. The van der Waals surface area contributed by atoms with Gasteiger partial charge < -0.3 is 9.47 Å². The van der Waals surface area contributed by atoms with Gasteiger partial charge in [-0.25, -0.2) is 0 Å². The largest absolute Gasteiger partial charge is 0.342 e. The molecule has 0 spiro atoms. The van der Waals surface area contributed by atoms with Crippen LogP contribution in [-0.2, 0) is 18.4 Å². The van der Waals surface area contributed by atoms with Gasteiger partial charge >= 0.3 is 0 Å². The van der Waals surface area contributed by atoms with Gasteiger partial charge in [-0.15, -0.1) is 10.2 Å². The second-order valence-corrected chi connectivity index (χ2v) is 8.12. The Bertz CT molecular complexity index is 603. The summed E-state index contributed by atoms with van der Waals surface area (Å²) < 4.78 is 2.19. The van der Waals surface area contributed by atoms with Crippen molar-refractivity contribution in [2.75, 3.05) is 26.2 Å². The van der Waals surface area contributed by atoms with E-state index >= 15 is 0 Å². The van der Waals surface area contributed by atoms with Crippen molar-refractivity contribution in [2.45, 2.75) is 63.8 Å². The predicted octanol–water partition coefficient (Wildman–Crippen LogP) is 2.31. The van der Waals surface area contributed by atoms with Crippen LogP contribution >= 0.6 is 0 Å². The van der Waals surface area contributed by atoms with E-state index in [1.165, 1.54) is 38.8 Å². The van der Waals surface area contributed by atoms with E-state index < -0.39 is 0 Å². The number of amides is 1. The first-order chi connectivity index (χ1) is 12.2. The standard InChI is InChI=1S/C19H31N5O/c1-22-17(14-23-10-3-2-4-11-23)20-21-18(22)16-9-6-12-24(13-16)19(25)15-7-5-8-15/h15-16H,2-14H2,1H3/t16-/m0/s1. The van der Waals surface area contributed by atoms with Gasteiger partial charge in [0.2, 0.25) is 5.91 Å². The highest BCUT2D eigenvalue weighted by Gasteiger charge is 2.34. The quantitative estimate of drug-likeness (QED) is 0.840. The minimum Gasteiger partial charge on any atom is -0.342 e. The first-order valence-corrected chi connectivity index (χ1v) is 10.1. The average molecular weight is 345 g/mol. The van der Waals surface area contributed by atoms with Gasteiger partial charge in [0, 0.05) is 32.0 Å². The van der Waals surface area contributed by atoms with Crippen LogP contribution in [0.25, 0.3) is 0 Å².